The summed E-state index contributed by atoms with van der Waals surface area (Å²) >= 11 is 0. The molecule has 1 atom stereocenters. The highest BCUT2D eigenvalue weighted by atomic mass is 19.1. The summed E-state index contributed by atoms with van der Waals surface area (Å²) in [6, 6.07) is 4.96. The predicted molar refractivity (Wildman–Crippen MR) is 152 cm³/mol. The molecule has 202 valence electrons. The second-order valence-corrected chi connectivity index (χ2v) is 10.5. The minimum atomic E-state index is -0.378. The number of nitrogens with zero attached hydrogens (tertiary/aromatic N) is 5. The van der Waals surface area contributed by atoms with E-state index in [1.807, 2.05) is 67.0 Å². The molecule has 3 aromatic rings. The lowest BCUT2D eigenvalue weighted by Gasteiger charge is -2.30. The van der Waals surface area contributed by atoms with Crippen molar-refractivity contribution in [1.82, 2.24) is 24.3 Å². The molecular formula is C30H33FN6O2. The summed E-state index contributed by atoms with van der Waals surface area (Å²) in [4.78, 5) is 22.3. The first-order chi connectivity index (χ1) is 18.8. The number of nitrogens with one attached hydrogen (secondary N) is 1. The second kappa shape index (κ2) is 9.89. The van der Waals surface area contributed by atoms with Crippen molar-refractivity contribution in [1.29, 1.82) is 0 Å². The van der Waals surface area contributed by atoms with Gasteiger partial charge in [0.2, 0.25) is 0 Å². The van der Waals surface area contributed by atoms with Crippen molar-refractivity contribution in [3.63, 3.8) is 0 Å². The Hall–Kier alpha value is -4.11. The van der Waals surface area contributed by atoms with Crippen LogP contribution in [0.25, 0.3) is 28.5 Å². The number of halogens is 1. The average molecular weight is 529 g/mol. The summed E-state index contributed by atoms with van der Waals surface area (Å²) in [5.41, 5.74) is 5.71. The number of hydrogen-bond donors (Lipinski definition) is 1. The number of imidazole rings is 1. The number of ether oxygens (including phenoxy) is 1. The van der Waals surface area contributed by atoms with Crippen molar-refractivity contribution in [3.8, 4) is 28.1 Å². The Labute approximate surface area is 227 Å². The zero-order valence-corrected chi connectivity index (χ0v) is 22.7. The van der Waals surface area contributed by atoms with E-state index in [-0.39, 0.29) is 24.2 Å². The molecule has 0 bridgehead atoms. The number of pyridine rings is 1. The summed E-state index contributed by atoms with van der Waals surface area (Å²) < 4.78 is 25.9. The van der Waals surface area contributed by atoms with E-state index in [9.17, 15) is 4.79 Å². The Kier molecular flexibility index (Phi) is 6.38. The van der Waals surface area contributed by atoms with Gasteiger partial charge in [-0.15, -0.1) is 0 Å². The van der Waals surface area contributed by atoms with E-state index in [4.69, 9.17) is 4.74 Å². The zero-order valence-electron chi connectivity index (χ0n) is 22.7. The van der Waals surface area contributed by atoms with Gasteiger partial charge >= 0.3 is 5.69 Å². The van der Waals surface area contributed by atoms with Crippen LogP contribution < -0.4 is 20.6 Å². The summed E-state index contributed by atoms with van der Waals surface area (Å²) in [6.45, 7) is 2.32. The Morgan fingerprint density at radius 3 is 2.82 bits per heavy atom. The van der Waals surface area contributed by atoms with Gasteiger partial charge in [-0.25, -0.2) is 9.18 Å². The number of aromatic nitrogens is 3. The number of benzene rings is 1. The Morgan fingerprint density at radius 2 is 2.10 bits per heavy atom. The standard InChI is InChI=1S/C30H33FN6O2/c1-34(2)14-8-6-9-20-12-11-19(16-33-20)26-21(31)15-23-27-28-24(17-35(23)3)36(4)30(38)37(28)25(18-39-29(26)27)22-10-5-7-13-32-22/h5-7,9-12,15-16,25,32H,8,13-14,17-18H2,1-4H3/b9-6+. The van der Waals surface area contributed by atoms with E-state index in [0.717, 1.165) is 41.3 Å². The molecule has 2 aromatic heterocycles. The number of rotatable bonds is 6. The number of allylic oxidation sites excluding steroid dienone is 2. The van der Waals surface area contributed by atoms with E-state index in [1.165, 1.54) is 0 Å². The normalized spacial score (nSPS) is 17.6. The van der Waals surface area contributed by atoms with Crippen molar-refractivity contribution in [2.24, 2.45) is 7.05 Å². The maximum Gasteiger partial charge on any atom is 0.329 e. The fraction of sp³-hybridized carbons (Fsp3) is 0.333. The van der Waals surface area contributed by atoms with Crippen molar-refractivity contribution in [3.05, 3.63) is 82.1 Å². The first kappa shape index (κ1) is 25.2. The topological polar surface area (TPSA) is 67.6 Å². The van der Waals surface area contributed by atoms with Crippen LogP contribution in [-0.2, 0) is 13.6 Å². The van der Waals surface area contributed by atoms with E-state index < -0.39 is 0 Å². The van der Waals surface area contributed by atoms with Gasteiger partial charge in [-0.05, 0) is 44.8 Å². The Morgan fingerprint density at radius 1 is 1.26 bits per heavy atom. The van der Waals surface area contributed by atoms with E-state index >= 15 is 4.39 Å². The maximum absolute atomic E-state index is 15.9. The van der Waals surface area contributed by atoms with Gasteiger partial charge in [0.05, 0.1) is 40.4 Å². The summed E-state index contributed by atoms with van der Waals surface area (Å²) in [5, 5.41) is 3.39. The van der Waals surface area contributed by atoms with Gasteiger partial charge in [0.25, 0.3) is 0 Å². The fourth-order valence-electron chi connectivity index (χ4n) is 5.63. The highest BCUT2D eigenvalue weighted by Gasteiger charge is 2.39. The molecule has 8 nitrogen and oxygen atoms in total. The van der Waals surface area contributed by atoms with Crippen LogP contribution >= 0.6 is 0 Å². The molecule has 0 aliphatic carbocycles. The molecule has 6 rings (SSSR count). The lowest BCUT2D eigenvalue weighted by molar-refractivity contribution is 0.270. The average Bonchev–Trinajstić information content (AvgIpc) is 3.07. The van der Waals surface area contributed by atoms with Crippen LogP contribution in [0.1, 0.15) is 23.9 Å². The highest BCUT2D eigenvalue weighted by Crippen LogP contribution is 2.51. The fourth-order valence-corrected chi connectivity index (χ4v) is 5.63. The summed E-state index contributed by atoms with van der Waals surface area (Å²) in [7, 11) is 7.80. The molecule has 3 aliphatic rings. The van der Waals surface area contributed by atoms with Crippen LogP contribution in [0.2, 0.25) is 0 Å². The van der Waals surface area contributed by atoms with Gasteiger partial charge in [-0.3, -0.25) is 14.1 Å². The molecule has 0 saturated heterocycles. The molecule has 0 fully saturated rings. The molecule has 1 N–H and O–H groups in total. The molecule has 39 heavy (non-hydrogen) atoms. The highest BCUT2D eigenvalue weighted by molar-refractivity contribution is 5.93. The first-order valence-corrected chi connectivity index (χ1v) is 13.2. The van der Waals surface area contributed by atoms with Gasteiger partial charge in [0.15, 0.2) is 0 Å². The monoisotopic (exact) mass is 528 g/mol. The number of dihydropyridines is 1. The quantitative estimate of drug-likeness (QED) is 0.523. The Bertz CT molecular complexity index is 1580. The molecule has 9 heteroatoms. The van der Waals surface area contributed by atoms with Gasteiger partial charge in [0, 0.05) is 44.6 Å². The van der Waals surface area contributed by atoms with Crippen molar-refractivity contribution in [2.75, 3.05) is 45.7 Å². The van der Waals surface area contributed by atoms with Gasteiger partial charge in [-0.2, -0.15) is 0 Å². The zero-order chi connectivity index (χ0) is 27.3. The lowest BCUT2D eigenvalue weighted by Crippen LogP contribution is -2.34. The first-order valence-electron chi connectivity index (χ1n) is 13.2. The smallest absolute Gasteiger partial charge is 0.329 e. The summed E-state index contributed by atoms with van der Waals surface area (Å²) in [6.07, 6.45) is 12.7. The molecular weight excluding hydrogens is 495 g/mol. The van der Waals surface area contributed by atoms with Crippen LogP contribution in [0.15, 0.2) is 59.2 Å². The third kappa shape index (κ3) is 4.27. The van der Waals surface area contributed by atoms with Crippen LogP contribution in [0, 0.1) is 5.82 Å². The van der Waals surface area contributed by atoms with Crippen molar-refractivity contribution >= 4 is 11.8 Å². The van der Waals surface area contributed by atoms with Crippen LogP contribution in [0.4, 0.5) is 10.1 Å². The van der Waals surface area contributed by atoms with Gasteiger partial charge in [-0.1, -0.05) is 24.3 Å². The van der Waals surface area contributed by atoms with Crippen LogP contribution in [0.5, 0.6) is 5.75 Å². The SMILES string of the molecule is CN(C)CC/C=C/c1ccc(-c2c(F)cc3c4c2OCC(C2=CC=CCN2)n2c-4c(n(C)c2=O)CN3C)cn1. The van der Waals surface area contributed by atoms with Crippen molar-refractivity contribution < 1.29 is 9.13 Å². The summed E-state index contributed by atoms with van der Waals surface area (Å²) in [5.74, 6) is 0.0685. The third-order valence-electron chi connectivity index (χ3n) is 7.66. The number of hydrogen-bond acceptors (Lipinski definition) is 6. The second-order valence-electron chi connectivity index (χ2n) is 10.5. The maximum atomic E-state index is 15.9. The molecule has 0 amide bonds. The molecule has 0 saturated carbocycles. The number of anilines is 1. The van der Waals surface area contributed by atoms with Crippen molar-refractivity contribution in [2.45, 2.75) is 19.0 Å². The lowest BCUT2D eigenvalue weighted by atomic mass is 9.94. The molecule has 3 aliphatic heterocycles. The largest absolute Gasteiger partial charge is 0.489 e. The minimum Gasteiger partial charge on any atom is -0.489 e. The van der Waals surface area contributed by atoms with Gasteiger partial charge < -0.3 is 19.9 Å². The van der Waals surface area contributed by atoms with E-state index in [1.54, 1.807) is 23.9 Å². The Balaban J connectivity index is 1.49. The van der Waals surface area contributed by atoms with Crippen LogP contribution in [0.3, 0.4) is 0 Å². The van der Waals surface area contributed by atoms with E-state index in [0.29, 0.717) is 35.7 Å². The molecule has 1 unspecified atom stereocenters. The minimum absolute atomic E-state index is 0.113. The van der Waals surface area contributed by atoms with E-state index in [2.05, 4.69) is 21.3 Å². The molecule has 0 spiro atoms. The molecule has 0 radical (unpaired) electrons. The predicted octanol–water partition coefficient (Wildman–Crippen LogP) is 3.95. The van der Waals surface area contributed by atoms with Gasteiger partial charge in [0.1, 0.15) is 24.2 Å². The van der Waals surface area contributed by atoms with Crippen LogP contribution in [-0.4, -0.2) is 59.9 Å². The molecule has 5 heterocycles. The third-order valence-corrected chi connectivity index (χ3v) is 7.66. The molecule has 1 aromatic carbocycles.